The highest BCUT2D eigenvalue weighted by Gasteiger charge is 2.66. The predicted octanol–water partition coefficient (Wildman–Crippen LogP) is 8.44. The molecule has 8 atom stereocenters. The number of hydrogen-bond donors (Lipinski definition) is 0. The van der Waals surface area contributed by atoms with Gasteiger partial charge >= 0.3 is 0 Å². The van der Waals surface area contributed by atoms with Gasteiger partial charge in [-0.05, 0) is 106 Å². The zero-order valence-electron chi connectivity index (χ0n) is 21.5. The summed E-state index contributed by atoms with van der Waals surface area (Å²) in [7, 11) is 0. The Hall–Kier alpha value is -1.06. The van der Waals surface area contributed by atoms with E-state index in [-0.39, 0.29) is 6.04 Å². The molecule has 4 aliphatic carbocycles. The molecule has 0 aromatic rings. The highest BCUT2D eigenvalue weighted by molar-refractivity contribution is 5.27. The number of rotatable bonds is 7. The van der Waals surface area contributed by atoms with Crippen molar-refractivity contribution in [2.75, 3.05) is 0 Å². The normalized spacial score (nSPS) is 45.9. The van der Waals surface area contributed by atoms with Crippen LogP contribution in [0.1, 0.15) is 112 Å². The van der Waals surface area contributed by atoms with E-state index < -0.39 is 5.54 Å². The van der Waals surface area contributed by atoms with Gasteiger partial charge in [0.2, 0.25) is 0 Å². The molecule has 32 heavy (non-hydrogen) atoms. The summed E-state index contributed by atoms with van der Waals surface area (Å²) in [5.41, 5.74) is 2.35. The lowest BCUT2D eigenvalue weighted by atomic mass is 9.40. The maximum atomic E-state index is 11.4. The van der Waals surface area contributed by atoms with Crippen molar-refractivity contribution in [2.24, 2.45) is 50.3 Å². The lowest BCUT2D eigenvalue weighted by molar-refractivity contribution is -0.133. The average molecular weight is 443 g/mol. The van der Waals surface area contributed by atoms with Crippen molar-refractivity contribution in [3.8, 4) is 0 Å². The fourth-order valence-electron chi connectivity index (χ4n) is 9.17. The van der Waals surface area contributed by atoms with Crippen molar-refractivity contribution in [3.05, 3.63) is 21.5 Å². The first-order valence-corrected chi connectivity index (χ1v) is 13.4. The van der Waals surface area contributed by atoms with Crippen LogP contribution >= 0.6 is 0 Å². The molecule has 3 fully saturated rings. The molecule has 3 saturated carbocycles. The Balaban J connectivity index is 1.51. The minimum Gasteiger partial charge on any atom is -0.150 e. The molecule has 0 heterocycles. The van der Waals surface area contributed by atoms with Crippen LogP contribution in [-0.4, -0.2) is 11.6 Å². The number of allylic oxidation sites excluding steroid dienone is 1. The van der Waals surface area contributed by atoms with E-state index in [9.17, 15) is 9.81 Å². The number of unbranched alkanes of at least 4 members (excludes halogenated alkanes) is 1. The molecule has 0 bridgehead atoms. The van der Waals surface area contributed by atoms with Crippen LogP contribution in [0.5, 0.6) is 0 Å². The van der Waals surface area contributed by atoms with Gasteiger partial charge in [0.25, 0.3) is 0 Å². The molecule has 0 aromatic heterocycles. The average Bonchev–Trinajstić information content (AvgIpc) is 3.02. The van der Waals surface area contributed by atoms with E-state index in [1.807, 2.05) is 13.8 Å². The molecule has 0 saturated heterocycles. The van der Waals surface area contributed by atoms with Gasteiger partial charge in [-0.2, -0.15) is 9.81 Å². The van der Waals surface area contributed by atoms with E-state index in [2.05, 4.69) is 44.1 Å². The van der Waals surface area contributed by atoms with Crippen LogP contribution in [-0.2, 0) is 0 Å². The Morgan fingerprint density at radius 3 is 2.44 bits per heavy atom. The van der Waals surface area contributed by atoms with Crippen molar-refractivity contribution in [1.29, 1.82) is 0 Å². The topological polar surface area (TPSA) is 58.9 Å². The Morgan fingerprint density at radius 2 is 1.75 bits per heavy atom. The maximum absolute atomic E-state index is 11.4. The lowest BCUT2D eigenvalue weighted by Crippen LogP contribution is -2.57. The minimum absolute atomic E-state index is 0.0163. The van der Waals surface area contributed by atoms with Crippen molar-refractivity contribution in [3.63, 3.8) is 0 Å². The summed E-state index contributed by atoms with van der Waals surface area (Å²) in [5, 5.41) is 6.78. The van der Waals surface area contributed by atoms with Gasteiger partial charge in [0.05, 0.1) is 11.6 Å². The molecule has 0 N–H and O–H groups in total. The molecule has 4 aliphatic rings. The maximum Gasteiger partial charge on any atom is 0.0982 e. The molecule has 4 nitrogen and oxygen atoms in total. The predicted molar refractivity (Wildman–Crippen MR) is 132 cm³/mol. The molecule has 0 radical (unpaired) electrons. The summed E-state index contributed by atoms with van der Waals surface area (Å²) in [6.45, 7) is 14.0. The largest absolute Gasteiger partial charge is 0.150 e. The summed E-state index contributed by atoms with van der Waals surface area (Å²) < 4.78 is 0. The Kier molecular flexibility index (Phi) is 6.25. The fraction of sp³-hybridized carbons (Fsp3) is 0.929. The first-order valence-electron chi connectivity index (χ1n) is 13.4. The summed E-state index contributed by atoms with van der Waals surface area (Å²) in [4.78, 5) is 22.4. The second-order valence-corrected chi connectivity index (χ2v) is 13.3. The highest BCUT2D eigenvalue weighted by Crippen LogP contribution is 2.74. The Labute approximate surface area is 195 Å². The van der Waals surface area contributed by atoms with Crippen molar-refractivity contribution in [2.45, 2.75) is 124 Å². The summed E-state index contributed by atoms with van der Waals surface area (Å²) in [6, 6.07) is -0.0163. The van der Waals surface area contributed by atoms with E-state index in [0.717, 1.165) is 37.5 Å². The van der Waals surface area contributed by atoms with Gasteiger partial charge < -0.3 is 0 Å². The van der Waals surface area contributed by atoms with Crippen LogP contribution < -0.4 is 0 Å². The van der Waals surface area contributed by atoms with E-state index >= 15 is 0 Å². The van der Waals surface area contributed by atoms with Crippen molar-refractivity contribution < 1.29 is 0 Å². The van der Waals surface area contributed by atoms with Crippen LogP contribution in [0, 0.1) is 49.7 Å². The third-order valence-corrected chi connectivity index (χ3v) is 11.6. The Bertz CT molecular complexity index is 775. The number of nitrogens with zero attached hydrogens (tertiary/aromatic N) is 2. The van der Waals surface area contributed by atoms with Crippen LogP contribution in [0.4, 0.5) is 0 Å². The number of nitroso groups, excluding NO2 is 2. The van der Waals surface area contributed by atoms with Gasteiger partial charge in [-0.15, -0.1) is 0 Å². The molecule has 0 amide bonds. The number of fused-ring (bicyclic) bond motifs is 5. The van der Waals surface area contributed by atoms with Crippen molar-refractivity contribution in [1.82, 2.24) is 0 Å². The third kappa shape index (κ3) is 3.54. The molecule has 0 aliphatic heterocycles. The molecular weight excluding hydrogens is 396 g/mol. The molecule has 3 unspecified atom stereocenters. The fourth-order valence-corrected chi connectivity index (χ4v) is 9.17. The highest BCUT2D eigenvalue weighted by atomic mass is 16.3. The van der Waals surface area contributed by atoms with Gasteiger partial charge in [0.15, 0.2) is 0 Å². The first kappa shape index (κ1) is 24.1. The third-order valence-electron chi connectivity index (χ3n) is 11.6. The van der Waals surface area contributed by atoms with Crippen molar-refractivity contribution >= 4 is 0 Å². The molecule has 0 aromatic carbocycles. The van der Waals surface area contributed by atoms with Gasteiger partial charge in [0.1, 0.15) is 0 Å². The van der Waals surface area contributed by atoms with E-state index in [1.165, 1.54) is 44.9 Å². The summed E-state index contributed by atoms with van der Waals surface area (Å²) >= 11 is 0. The molecule has 180 valence electrons. The second-order valence-electron chi connectivity index (χ2n) is 13.3. The minimum atomic E-state index is -0.414. The smallest absolute Gasteiger partial charge is 0.0982 e. The second kappa shape index (κ2) is 8.31. The zero-order chi connectivity index (χ0) is 23.4. The lowest BCUT2D eigenvalue weighted by Gasteiger charge is -2.65. The van der Waals surface area contributed by atoms with Gasteiger partial charge in [-0.1, -0.05) is 62.5 Å². The summed E-state index contributed by atoms with van der Waals surface area (Å²) in [6.07, 6.45) is 15.8. The summed E-state index contributed by atoms with van der Waals surface area (Å²) in [5.74, 6) is 2.53. The van der Waals surface area contributed by atoms with Crippen LogP contribution in [0.3, 0.4) is 0 Å². The van der Waals surface area contributed by atoms with Gasteiger partial charge in [0, 0.05) is 5.92 Å². The number of hydrogen-bond acceptors (Lipinski definition) is 4. The van der Waals surface area contributed by atoms with E-state index in [0.29, 0.717) is 28.1 Å². The SMILES string of the molecule is C[C@@H]1C2=CCC3[C@@](C)(CC[C@]4(C)C(CCCCC(C)(C)N=O)CC[C@@]34C)C2CC[C@@H]1N=O. The van der Waals surface area contributed by atoms with Crippen LogP contribution in [0.15, 0.2) is 22.0 Å². The van der Waals surface area contributed by atoms with Crippen LogP contribution in [0.25, 0.3) is 0 Å². The monoisotopic (exact) mass is 442 g/mol. The van der Waals surface area contributed by atoms with Crippen LogP contribution in [0.2, 0.25) is 0 Å². The quantitative estimate of drug-likeness (QED) is 0.225. The van der Waals surface area contributed by atoms with Gasteiger partial charge in [-0.25, -0.2) is 0 Å². The molecule has 4 heteroatoms. The first-order chi connectivity index (χ1) is 15.0. The molecule has 4 rings (SSSR count). The molecular formula is C28H46N2O2. The zero-order valence-corrected chi connectivity index (χ0v) is 21.5. The Morgan fingerprint density at radius 1 is 1.00 bits per heavy atom. The van der Waals surface area contributed by atoms with E-state index in [1.54, 1.807) is 5.57 Å². The standard InChI is InChI=1S/C28H46N2O2/c1-19-21-10-13-24-26(4,22(21)11-12-23(19)29-31)17-18-27(5)20(14-16-28(24,27)6)9-7-8-15-25(2,3)30-32/h10,19-20,22-24H,7-9,11-18H2,1-6H3/t19-,20?,22?,23+,24?,26+,27-,28+/m1/s1. The van der Waals surface area contributed by atoms with E-state index in [4.69, 9.17) is 0 Å². The van der Waals surface area contributed by atoms with Gasteiger partial charge in [-0.3, -0.25) is 0 Å². The molecule has 0 spiro atoms.